The number of Topliss-reactive ketones (excluding diaryl/α,β-unsaturated/α-hetero) is 1. The van der Waals surface area contributed by atoms with Crippen LogP contribution in [0.5, 0.6) is 0 Å². The number of ether oxygens (including phenoxy) is 1. The number of nitrogens with zero attached hydrogens (tertiary/aromatic N) is 2. The molecule has 1 aliphatic heterocycles. The minimum atomic E-state index is -3.66. The van der Waals surface area contributed by atoms with Crippen LogP contribution in [0, 0.1) is 5.82 Å². The number of aromatic nitrogens is 2. The Labute approximate surface area is 188 Å². The number of ketones is 1. The van der Waals surface area contributed by atoms with Gasteiger partial charge in [-0.05, 0) is 43.2 Å². The Kier molecular flexibility index (Phi) is 6.02. The predicted molar refractivity (Wildman–Crippen MR) is 115 cm³/mol. The highest BCUT2D eigenvalue weighted by atomic mass is 35.5. The molecule has 1 atom stereocenters. The van der Waals surface area contributed by atoms with Gasteiger partial charge in [0, 0.05) is 29.9 Å². The van der Waals surface area contributed by atoms with Crippen LogP contribution in [0.1, 0.15) is 22.5 Å². The first-order valence-corrected chi connectivity index (χ1v) is 11.7. The van der Waals surface area contributed by atoms with E-state index in [0.29, 0.717) is 36.0 Å². The van der Waals surface area contributed by atoms with Crippen molar-refractivity contribution in [1.82, 2.24) is 14.9 Å². The van der Waals surface area contributed by atoms with Crippen LogP contribution >= 0.6 is 11.6 Å². The Morgan fingerprint density at radius 2 is 2.03 bits per heavy atom. The molecule has 4 rings (SSSR count). The second kappa shape index (κ2) is 8.61. The fourth-order valence-corrected chi connectivity index (χ4v) is 5.26. The van der Waals surface area contributed by atoms with E-state index in [2.05, 4.69) is 15.0 Å². The van der Waals surface area contributed by atoms with E-state index in [4.69, 9.17) is 11.6 Å². The van der Waals surface area contributed by atoms with Gasteiger partial charge in [0.15, 0.2) is 9.84 Å². The summed E-state index contributed by atoms with van der Waals surface area (Å²) in [6.45, 7) is 0.361. The highest BCUT2D eigenvalue weighted by Gasteiger charge is 2.31. The molecule has 1 aromatic carbocycles. The first-order valence-electron chi connectivity index (χ1n) is 9.72. The average molecular weight is 480 g/mol. The molecule has 8 nitrogen and oxygen atoms in total. The minimum Gasteiger partial charge on any atom is -0.463 e. The standard InChI is InChI=1S/C21H19ClFN3O5S/c1-31-21(28)20(27)19-15-9-24-18(22)8-17(15)26-10-13(4-7-16(19)26)25-11-32(29,30)14-5-2-12(23)3-6-14/h2-3,5-6,8-9,13,25H,4,7,10-11H2,1H3. The second-order valence-electron chi connectivity index (χ2n) is 7.43. The molecule has 3 heterocycles. The molecule has 0 aliphatic carbocycles. The van der Waals surface area contributed by atoms with Gasteiger partial charge in [-0.3, -0.25) is 10.1 Å². The van der Waals surface area contributed by atoms with Crippen molar-refractivity contribution in [2.75, 3.05) is 13.0 Å². The van der Waals surface area contributed by atoms with Gasteiger partial charge >= 0.3 is 5.97 Å². The molecular weight excluding hydrogens is 461 g/mol. The fraction of sp³-hybridized carbons (Fsp3) is 0.286. The summed E-state index contributed by atoms with van der Waals surface area (Å²) in [6, 6.07) is 6.04. The summed E-state index contributed by atoms with van der Waals surface area (Å²) in [7, 11) is -2.52. The molecule has 1 aliphatic rings. The summed E-state index contributed by atoms with van der Waals surface area (Å²) in [6.07, 6.45) is 2.41. The Morgan fingerprint density at radius 3 is 2.72 bits per heavy atom. The zero-order valence-electron chi connectivity index (χ0n) is 17.0. The maximum absolute atomic E-state index is 13.1. The Bertz CT molecular complexity index is 1320. The van der Waals surface area contributed by atoms with Crippen molar-refractivity contribution in [3.8, 4) is 0 Å². The fourth-order valence-electron chi connectivity index (χ4n) is 3.93. The zero-order chi connectivity index (χ0) is 23.0. The van der Waals surface area contributed by atoms with E-state index in [0.717, 1.165) is 19.2 Å². The number of benzene rings is 1. The number of carbonyl (C=O) groups is 2. The molecule has 11 heteroatoms. The number of carbonyl (C=O) groups excluding carboxylic acids is 2. The molecule has 168 valence electrons. The molecule has 1 N–H and O–H groups in total. The van der Waals surface area contributed by atoms with E-state index in [1.165, 1.54) is 18.3 Å². The molecule has 0 amide bonds. The number of sulfone groups is 1. The number of methoxy groups -OCH3 is 1. The second-order valence-corrected chi connectivity index (χ2v) is 9.81. The normalized spacial score (nSPS) is 16.0. The maximum Gasteiger partial charge on any atom is 0.379 e. The summed E-state index contributed by atoms with van der Waals surface area (Å²) >= 11 is 6.05. The van der Waals surface area contributed by atoms with Crippen LogP contribution in [0.2, 0.25) is 5.15 Å². The van der Waals surface area contributed by atoms with Crippen LogP contribution in [0.15, 0.2) is 41.4 Å². The third-order valence-electron chi connectivity index (χ3n) is 5.49. The molecule has 0 saturated carbocycles. The smallest absolute Gasteiger partial charge is 0.379 e. The van der Waals surface area contributed by atoms with Crippen LogP contribution in [-0.2, 0) is 32.3 Å². The van der Waals surface area contributed by atoms with Crippen molar-refractivity contribution < 1.29 is 27.1 Å². The highest BCUT2D eigenvalue weighted by Crippen LogP contribution is 2.32. The van der Waals surface area contributed by atoms with Gasteiger partial charge in [-0.2, -0.15) is 0 Å². The van der Waals surface area contributed by atoms with E-state index >= 15 is 0 Å². The monoisotopic (exact) mass is 479 g/mol. The summed E-state index contributed by atoms with van der Waals surface area (Å²) < 4.78 is 44.7. The van der Waals surface area contributed by atoms with Crippen LogP contribution in [-0.4, -0.2) is 48.7 Å². The molecular formula is C21H19ClFN3O5S. The first kappa shape index (κ1) is 22.4. The molecule has 0 radical (unpaired) electrons. The van der Waals surface area contributed by atoms with Gasteiger partial charge in [0.2, 0.25) is 0 Å². The SMILES string of the molecule is COC(=O)C(=O)c1c2n(c3cc(Cl)ncc13)CC(NCS(=O)(=O)c1ccc(F)cc1)CC2. The molecule has 0 saturated heterocycles. The number of nitrogens with one attached hydrogen (secondary N) is 1. The lowest BCUT2D eigenvalue weighted by Crippen LogP contribution is -2.40. The number of pyridine rings is 1. The third kappa shape index (κ3) is 4.13. The Balaban J connectivity index is 1.61. The van der Waals surface area contributed by atoms with Crippen molar-refractivity contribution in [3.05, 3.63) is 58.8 Å². The van der Waals surface area contributed by atoms with E-state index in [9.17, 15) is 22.4 Å². The van der Waals surface area contributed by atoms with Crippen molar-refractivity contribution in [1.29, 1.82) is 0 Å². The maximum atomic E-state index is 13.1. The van der Waals surface area contributed by atoms with E-state index in [1.807, 2.05) is 4.57 Å². The summed E-state index contributed by atoms with van der Waals surface area (Å²) in [5.41, 5.74) is 1.51. The lowest BCUT2D eigenvalue weighted by Gasteiger charge is -2.27. The average Bonchev–Trinajstić information content (AvgIpc) is 3.10. The minimum absolute atomic E-state index is 0.0260. The van der Waals surface area contributed by atoms with Crippen LogP contribution in [0.3, 0.4) is 0 Å². The highest BCUT2D eigenvalue weighted by molar-refractivity contribution is 7.91. The zero-order valence-corrected chi connectivity index (χ0v) is 18.5. The van der Waals surface area contributed by atoms with Crippen molar-refractivity contribution in [2.45, 2.75) is 30.3 Å². The number of fused-ring (bicyclic) bond motifs is 3. The van der Waals surface area contributed by atoms with Gasteiger partial charge in [-0.15, -0.1) is 0 Å². The summed E-state index contributed by atoms with van der Waals surface area (Å²) in [4.78, 5) is 28.6. The van der Waals surface area contributed by atoms with Crippen molar-refractivity contribution >= 4 is 44.1 Å². The number of hydrogen-bond acceptors (Lipinski definition) is 7. The quantitative estimate of drug-likeness (QED) is 0.190. The molecule has 0 spiro atoms. The lowest BCUT2D eigenvalue weighted by atomic mass is 10.00. The summed E-state index contributed by atoms with van der Waals surface area (Å²) in [5, 5.41) is 3.75. The largest absolute Gasteiger partial charge is 0.463 e. The lowest BCUT2D eigenvalue weighted by molar-refractivity contribution is -0.135. The number of halogens is 2. The number of esters is 1. The molecule has 3 aromatic rings. The third-order valence-corrected chi connectivity index (χ3v) is 7.23. The van der Waals surface area contributed by atoms with Crippen molar-refractivity contribution in [2.24, 2.45) is 0 Å². The molecule has 1 unspecified atom stereocenters. The Morgan fingerprint density at radius 1 is 1.31 bits per heavy atom. The van der Waals surface area contributed by atoms with Crippen molar-refractivity contribution in [3.63, 3.8) is 0 Å². The Hall–Kier alpha value is -2.82. The van der Waals surface area contributed by atoms with Crippen LogP contribution < -0.4 is 5.32 Å². The van der Waals surface area contributed by atoms with Gasteiger partial charge in [-0.25, -0.2) is 22.6 Å². The number of rotatable bonds is 6. The van der Waals surface area contributed by atoms with Gasteiger partial charge in [0.25, 0.3) is 5.78 Å². The van der Waals surface area contributed by atoms with E-state index in [1.54, 1.807) is 6.07 Å². The van der Waals surface area contributed by atoms with Crippen LogP contribution in [0.4, 0.5) is 4.39 Å². The number of hydrogen-bond donors (Lipinski definition) is 1. The van der Waals surface area contributed by atoms with E-state index < -0.39 is 27.4 Å². The molecule has 32 heavy (non-hydrogen) atoms. The first-order chi connectivity index (χ1) is 15.2. The van der Waals surface area contributed by atoms with Gasteiger partial charge in [0.1, 0.15) is 16.8 Å². The van der Waals surface area contributed by atoms with Gasteiger partial charge in [-0.1, -0.05) is 11.6 Å². The molecule has 0 fully saturated rings. The van der Waals surface area contributed by atoms with Gasteiger partial charge in [0.05, 0.1) is 23.1 Å². The molecule has 0 bridgehead atoms. The van der Waals surface area contributed by atoms with Crippen LogP contribution in [0.25, 0.3) is 10.9 Å². The molecule has 2 aromatic heterocycles. The summed E-state index contributed by atoms with van der Waals surface area (Å²) in [5.74, 6) is -2.57. The topological polar surface area (TPSA) is 107 Å². The predicted octanol–water partition coefficient (Wildman–Crippen LogP) is 2.52. The van der Waals surface area contributed by atoms with E-state index in [-0.39, 0.29) is 27.5 Å². The van der Waals surface area contributed by atoms with Gasteiger partial charge < -0.3 is 9.30 Å².